The smallest absolute Gasteiger partial charge is 0.227 e. The fraction of sp³-hybridized carbons (Fsp3) is 0.917. The number of amides is 1. The van der Waals surface area contributed by atoms with Gasteiger partial charge in [0.15, 0.2) is 9.84 Å². The van der Waals surface area contributed by atoms with Gasteiger partial charge in [0.1, 0.15) is 0 Å². The molecule has 0 bridgehead atoms. The van der Waals surface area contributed by atoms with Gasteiger partial charge in [-0.3, -0.25) is 4.79 Å². The largest absolute Gasteiger partial charge is 0.383 e. The molecule has 3 atom stereocenters. The van der Waals surface area contributed by atoms with Crippen LogP contribution in [0.3, 0.4) is 0 Å². The van der Waals surface area contributed by atoms with Gasteiger partial charge < -0.3 is 15.4 Å². The van der Waals surface area contributed by atoms with Gasteiger partial charge >= 0.3 is 0 Å². The van der Waals surface area contributed by atoms with Gasteiger partial charge in [-0.15, -0.1) is 0 Å². The van der Waals surface area contributed by atoms with E-state index in [1.807, 2.05) is 0 Å². The summed E-state index contributed by atoms with van der Waals surface area (Å²) in [7, 11) is -1.45. The Hall–Kier alpha value is -0.660. The van der Waals surface area contributed by atoms with Gasteiger partial charge in [-0.1, -0.05) is 6.92 Å². The van der Waals surface area contributed by atoms with E-state index >= 15 is 0 Å². The van der Waals surface area contributed by atoms with Gasteiger partial charge in [0.2, 0.25) is 5.91 Å². The van der Waals surface area contributed by atoms with Crippen molar-refractivity contribution in [3.63, 3.8) is 0 Å². The molecule has 1 heterocycles. The quantitative estimate of drug-likeness (QED) is 0.721. The highest BCUT2D eigenvalue weighted by molar-refractivity contribution is 7.91. The SMILES string of the molecule is COCCN(C(=O)C(C)C(C)N)C1CCS(=O)(=O)C1. The van der Waals surface area contributed by atoms with Crippen LogP contribution in [0.5, 0.6) is 0 Å². The Bertz CT molecular complexity index is 408. The lowest BCUT2D eigenvalue weighted by molar-refractivity contribution is -0.138. The van der Waals surface area contributed by atoms with Gasteiger partial charge in [-0.25, -0.2) is 8.42 Å². The number of carbonyl (C=O) groups excluding carboxylic acids is 1. The third-order valence-corrected chi connectivity index (χ3v) is 5.40. The first-order valence-corrected chi connectivity index (χ1v) is 8.36. The molecule has 0 aliphatic carbocycles. The lowest BCUT2D eigenvalue weighted by Gasteiger charge is -2.31. The summed E-state index contributed by atoms with van der Waals surface area (Å²) in [5, 5.41) is 0. The summed E-state index contributed by atoms with van der Waals surface area (Å²) < 4.78 is 28.1. The van der Waals surface area contributed by atoms with E-state index in [-0.39, 0.29) is 35.4 Å². The van der Waals surface area contributed by atoms with Crippen LogP contribution in [0.4, 0.5) is 0 Å². The first-order chi connectivity index (χ1) is 8.78. The number of carbonyl (C=O) groups is 1. The third-order valence-electron chi connectivity index (χ3n) is 3.65. The molecule has 0 aromatic carbocycles. The highest BCUT2D eigenvalue weighted by Gasteiger charge is 2.36. The number of hydrogen-bond donors (Lipinski definition) is 1. The summed E-state index contributed by atoms with van der Waals surface area (Å²) in [6.45, 7) is 4.36. The molecule has 1 aliphatic heterocycles. The molecular weight excluding hydrogens is 268 g/mol. The van der Waals surface area contributed by atoms with E-state index in [9.17, 15) is 13.2 Å². The predicted molar refractivity (Wildman–Crippen MR) is 73.5 cm³/mol. The van der Waals surface area contributed by atoms with Crippen LogP contribution in [0.1, 0.15) is 20.3 Å². The van der Waals surface area contributed by atoms with Crippen molar-refractivity contribution in [1.82, 2.24) is 4.90 Å². The standard InChI is InChI=1S/C12H24N2O4S/c1-9(10(2)13)12(15)14(5-6-18-3)11-4-7-19(16,17)8-11/h9-11H,4-8,13H2,1-3H3. The van der Waals surface area contributed by atoms with Crippen molar-refractivity contribution in [3.05, 3.63) is 0 Å². The molecule has 6 nitrogen and oxygen atoms in total. The average Bonchev–Trinajstić information content (AvgIpc) is 2.68. The van der Waals surface area contributed by atoms with Crippen LogP contribution < -0.4 is 5.73 Å². The van der Waals surface area contributed by atoms with Gasteiger partial charge in [0.25, 0.3) is 0 Å². The molecule has 112 valence electrons. The molecule has 1 saturated heterocycles. The van der Waals surface area contributed by atoms with Crippen LogP contribution in [0.2, 0.25) is 0 Å². The van der Waals surface area contributed by atoms with E-state index in [1.165, 1.54) is 0 Å². The molecule has 0 saturated carbocycles. The number of hydrogen-bond acceptors (Lipinski definition) is 5. The van der Waals surface area contributed by atoms with Crippen LogP contribution in [0.15, 0.2) is 0 Å². The molecule has 3 unspecified atom stereocenters. The van der Waals surface area contributed by atoms with E-state index in [2.05, 4.69) is 0 Å². The zero-order valence-electron chi connectivity index (χ0n) is 11.8. The minimum absolute atomic E-state index is 0.0497. The molecule has 0 spiro atoms. The first kappa shape index (κ1) is 16.4. The Labute approximate surface area is 115 Å². The predicted octanol–water partition coefficient (Wildman–Crippen LogP) is -0.368. The number of sulfone groups is 1. The second kappa shape index (κ2) is 6.67. The summed E-state index contributed by atoms with van der Waals surface area (Å²) in [5.74, 6) is -0.205. The highest BCUT2D eigenvalue weighted by Crippen LogP contribution is 2.20. The number of ether oxygens (including phenoxy) is 1. The zero-order valence-corrected chi connectivity index (χ0v) is 12.6. The first-order valence-electron chi connectivity index (χ1n) is 6.54. The van der Waals surface area contributed by atoms with E-state index < -0.39 is 9.84 Å². The van der Waals surface area contributed by atoms with Gasteiger partial charge in [0, 0.05) is 25.7 Å². The van der Waals surface area contributed by atoms with Gasteiger partial charge in [-0.05, 0) is 13.3 Å². The lowest BCUT2D eigenvalue weighted by Crippen LogP contribution is -2.48. The molecular formula is C12H24N2O4S. The maximum absolute atomic E-state index is 12.4. The van der Waals surface area contributed by atoms with Gasteiger partial charge in [-0.2, -0.15) is 0 Å². The zero-order chi connectivity index (χ0) is 14.6. The number of methoxy groups -OCH3 is 1. The van der Waals surface area contributed by atoms with Crippen molar-refractivity contribution in [1.29, 1.82) is 0 Å². The molecule has 19 heavy (non-hydrogen) atoms. The fourth-order valence-corrected chi connectivity index (χ4v) is 3.90. The summed E-state index contributed by atoms with van der Waals surface area (Å²) >= 11 is 0. The summed E-state index contributed by atoms with van der Waals surface area (Å²) in [5.41, 5.74) is 5.76. The molecule has 0 aromatic rings. The normalized spacial score (nSPS) is 24.9. The van der Waals surface area contributed by atoms with Crippen molar-refractivity contribution in [2.45, 2.75) is 32.4 Å². The lowest BCUT2D eigenvalue weighted by atomic mass is 10.0. The number of rotatable bonds is 6. The Kier molecular flexibility index (Phi) is 5.76. The van der Waals surface area contributed by atoms with Gasteiger partial charge in [0.05, 0.1) is 24.0 Å². The molecule has 1 fully saturated rings. The third kappa shape index (κ3) is 4.43. The molecule has 1 aliphatic rings. The topological polar surface area (TPSA) is 89.7 Å². The second-order valence-corrected chi connectivity index (χ2v) is 7.46. The van der Waals surface area contributed by atoms with Crippen LogP contribution in [0, 0.1) is 5.92 Å². The second-order valence-electron chi connectivity index (χ2n) is 5.23. The van der Waals surface area contributed by atoms with Crippen LogP contribution in [0.25, 0.3) is 0 Å². The van der Waals surface area contributed by atoms with E-state index in [1.54, 1.807) is 25.9 Å². The van der Waals surface area contributed by atoms with E-state index in [0.717, 1.165) is 0 Å². The minimum Gasteiger partial charge on any atom is -0.383 e. The van der Waals surface area contributed by atoms with Crippen molar-refractivity contribution < 1.29 is 17.9 Å². The van der Waals surface area contributed by atoms with Crippen molar-refractivity contribution in [2.24, 2.45) is 11.7 Å². The van der Waals surface area contributed by atoms with Crippen LogP contribution in [-0.4, -0.2) is 63.1 Å². The maximum atomic E-state index is 12.4. The number of nitrogens with two attached hydrogens (primary N) is 1. The summed E-state index contributed by atoms with van der Waals surface area (Å²) in [6, 6.07) is -0.496. The average molecular weight is 292 g/mol. The number of nitrogens with zero attached hydrogens (tertiary/aromatic N) is 1. The maximum Gasteiger partial charge on any atom is 0.227 e. The highest BCUT2D eigenvalue weighted by atomic mass is 32.2. The summed E-state index contributed by atoms with van der Waals surface area (Å²) in [6.07, 6.45) is 0.503. The molecule has 2 N–H and O–H groups in total. The Morgan fingerprint density at radius 2 is 2.11 bits per heavy atom. The Morgan fingerprint density at radius 3 is 2.53 bits per heavy atom. The van der Waals surface area contributed by atoms with Crippen LogP contribution in [-0.2, 0) is 19.4 Å². The molecule has 1 amide bonds. The fourth-order valence-electron chi connectivity index (χ4n) is 2.17. The molecule has 0 radical (unpaired) electrons. The monoisotopic (exact) mass is 292 g/mol. The van der Waals surface area contributed by atoms with Crippen molar-refractivity contribution in [3.8, 4) is 0 Å². The van der Waals surface area contributed by atoms with E-state index in [4.69, 9.17) is 10.5 Å². The Balaban J connectivity index is 2.80. The molecule has 0 aromatic heterocycles. The summed E-state index contributed by atoms with van der Waals surface area (Å²) in [4.78, 5) is 14.0. The van der Waals surface area contributed by atoms with Crippen molar-refractivity contribution in [2.75, 3.05) is 31.8 Å². The van der Waals surface area contributed by atoms with E-state index in [0.29, 0.717) is 19.6 Å². The van der Waals surface area contributed by atoms with Crippen LogP contribution >= 0.6 is 0 Å². The Morgan fingerprint density at radius 1 is 1.47 bits per heavy atom. The minimum atomic E-state index is -3.01. The molecule has 7 heteroatoms. The molecule has 1 rings (SSSR count). The van der Waals surface area contributed by atoms with Crippen molar-refractivity contribution >= 4 is 15.7 Å².